The fourth-order valence-electron chi connectivity index (χ4n) is 3.17. The Kier molecular flexibility index (Phi) is 5.86. The number of carbonyl (C=O) groups excluding carboxylic acids is 2. The molecule has 8 nitrogen and oxygen atoms in total. The molecule has 2 heterocycles. The molecule has 0 fully saturated rings. The lowest BCUT2D eigenvalue weighted by Crippen LogP contribution is -2.36. The summed E-state index contributed by atoms with van der Waals surface area (Å²) in [5.41, 5.74) is 0.396. The van der Waals surface area contributed by atoms with Gasteiger partial charge < -0.3 is 16.0 Å². The molecule has 2 aromatic carbocycles. The number of anilines is 4. The number of H-pyrrole nitrogens is 1. The molecule has 3 aromatic rings. The number of fused-ring (bicyclic) bond motifs is 1. The van der Waals surface area contributed by atoms with E-state index in [0.29, 0.717) is 21.4 Å². The molecule has 4 rings (SSSR count). The number of carbonyl (C=O) groups is 2. The standard InChI is InChI=1S/C20H14Cl3N5O3/c21-9-2-1-3-11(6-9)24-20-27-17-16(19(31)28-20)12(8-15(29)26-17)18(30)25-14-5-4-10(22)7-13(14)23/h1-7,12H,8H2,(H,25,30)(H3,24,26,27,28,29,31). The molecule has 1 aromatic heterocycles. The highest BCUT2D eigenvalue weighted by Crippen LogP contribution is 2.32. The lowest BCUT2D eigenvalue weighted by molar-refractivity contribution is -0.123. The highest BCUT2D eigenvalue weighted by Gasteiger charge is 2.35. The number of hydrogen-bond donors (Lipinski definition) is 4. The first-order valence-corrected chi connectivity index (χ1v) is 10.2. The van der Waals surface area contributed by atoms with Gasteiger partial charge in [0.2, 0.25) is 17.8 Å². The molecule has 1 aliphatic rings. The third-order valence-corrected chi connectivity index (χ3v) is 5.33. The van der Waals surface area contributed by atoms with Crippen molar-refractivity contribution in [2.24, 2.45) is 0 Å². The number of halogens is 3. The van der Waals surface area contributed by atoms with Crippen LogP contribution in [0.3, 0.4) is 0 Å². The van der Waals surface area contributed by atoms with Crippen LogP contribution in [0, 0.1) is 0 Å². The Balaban J connectivity index is 1.65. The van der Waals surface area contributed by atoms with Crippen molar-refractivity contribution in [2.45, 2.75) is 12.3 Å². The van der Waals surface area contributed by atoms with Gasteiger partial charge in [0.15, 0.2) is 0 Å². The fraction of sp³-hybridized carbons (Fsp3) is 0.100. The number of nitrogens with zero attached hydrogens (tertiary/aromatic N) is 1. The topological polar surface area (TPSA) is 116 Å². The second-order valence-electron chi connectivity index (χ2n) is 6.73. The van der Waals surface area contributed by atoms with E-state index in [2.05, 4.69) is 25.9 Å². The van der Waals surface area contributed by atoms with Crippen LogP contribution in [-0.2, 0) is 9.59 Å². The van der Waals surface area contributed by atoms with Gasteiger partial charge in [-0.05, 0) is 36.4 Å². The summed E-state index contributed by atoms with van der Waals surface area (Å²) in [5, 5.41) is 9.23. The smallest absolute Gasteiger partial charge is 0.258 e. The van der Waals surface area contributed by atoms with Gasteiger partial charge >= 0.3 is 0 Å². The maximum atomic E-state index is 12.9. The first-order valence-electron chi connectivity index (χ1n) is 9.03. The van der Waals surface area contributed by atoms with Crippen LogP contribution in [0.25, 0.3) is 0 Å². The maximum absolute atomic E-state index is 12.9. The SMILES string of the molecule is O=C1CC(C(=O)Nc2ccc(Cl)cc2Cl)c2c(nc(Nc3cccc(Cl)c3)[nH]c2=O)N1. The van der Waals surface area contributed by atoms with Crippen molar-refractivity contribution in [1.29, 1.82) is 0 Å². The van der Waals surface area contributed by atoms with E-state index >= 15 is 0 Å². The normalized spacial score (nSPS) is 15.1. The van der Waals surface area contributed by atoms with E-state index in [-0.39, 0.29) is 28.8 Å². The van der Waals surface area contributed by atoms with Gasteiger partial charge in [0.05, 0.1) is 22.2 Å². The largest absolute Gasteiger partial charge is 0.326 e. The number of benzene rings is 2. The van der Waals surface area contributed by atoms with Crippen LogP contribution in [0.2, 0.25) is 15.1 Å². The van der Waals surface area contributed by atoms with Crippen molar-refractivity contribution < 1.29 is 9.59 Å². The number of nitrogens with one attached hydrogen (secondary N) is 4. The van der Waals surface area contributed by atoms with Crippen molar-refractivity contribution >= 4 is 69.8 Å². The van der Waals surface area contributed by atoms with E-state index in [1.807, 2.05) is 0 Å². The summed E-state index contributed by atoms with van der Waals surface area (Å²) >= 11 is 17.9. The number of amides is 2. The first kappa shape index (κ1) is 21.2. The molecule has 0 bridgehead atoms. The zero-order chi connectivity index (χ0) is 22.1. The Hall–Kier alpha value is -3.07. The minimum Gasteiger partial charge on any atom is -0.326 e. The Morgan fingerprint density at radius 2 is 1.84 bits per heavy atom. The molecule has 1 unspecified atom stereocenters. The number of rotatable bonds is 4. The summed E-state index contributed by atoms with van der Waals surface area (Å²) < 4.78 is 0. The summed E-state index contributed by atoms with van der Waals surface area (Å²) in [6, 6.07) is 11.4. The predicted molar refractivity (Wildman–Crippen MR) is 121 cm³/mol. The molecular formula is C20H14Cl3N5O3. The van der Waals surface area contributed by atoms with Crippen LogP contribution in [0.4, 0.5) is 23.1 Å². The second-order valence-corrected chi connectivity index (χ2v) is 8.01. The van der Waals surface area contributed by atoms with E-state index < -0.39 is 23.3 Å². The molecule has 2 amide bonds. The minimum atomic E-state index is -1.05. The first-order chi connectivity index (χ1) is 14.8. The summed E-state index contributed by atoms with van der Waals surface area (Å²) in [5.74, 6) is -1.96. The quantitative estimate of drug-likeness (QED) is 0.439. The molecule has 11 heteroatoms. The average molecular weight is 479 g/mol. The second kappa shape index (κ2) is 8.58. The Bertz CT molecular complexity index is 1260. The van der Waals surface area contributed by atoms with Gasteiger partial charge in [0.25, 0.3) is 5.56 Å². The van der Waals surface area contributed by atoms with Gasteiger partial charge in [-0.1, -0.05) is 40.9 Å². The molecule has 0 aliphatic carbocycles. The number of aromatic nitrogens is 2. The summed E-state index contributed by atoms with van der Waals surface area (Å²) in [7, 11) is 0. The third-order valence-electron chi connectivity index (χ3n) is 4.54. The minimum absolute atomic E-state index is 0.00637. The van der Waals surface area contributed by atoms with Crippen molar-refractivity contribution in [3.05, 3.63) is 73.4 Å². The van der Waals surface area contributed by atoms with E-state index in [0.717, 1.165) is 0 Å². The molecule has 1 aliphatic heterocycles. The van der Waals surface area contributed by atoms with Crippen molar-refractivity contribution in [3.8, 4) is 0 Å². The van der Waals surface area contributed by atoms with E-state index in [9.17, 15) is 14.4 Å². The molecule has 31 heavy (non-hydrogen) atoms. The number of aromatic amines is 1. The van der Waals surface area contributed by atoms with Crippen molar-refractivity contribution in [1.82, 2.24) is 9.97 Å². The van der Waals surface area contributed by atoms with Crippen LogP contribution in [0.5, 0.6) is 0 Å². The molecule has 0 saturated heterocycles. The Morgan fingerprint density at radius 1 is 1.06 bits per heavy atom. The third kappa shape index (κ3) is 4.66. The van der Waals surface area contributed by atoms with Gasteiger partial charge in [-0.3, -0.25) is 19.4 Å². The van der Waals surface area contributed by atoms with Gasteiger partial charge in [0.1, 0.15) is 5.82 Å². The molecule has 1 atom stereocenters. The predicted octanol–water partition coefficient (Wildman–Crippen LogP) is 4.54. The van der Waals surface area contributed by atoms with Crippen LogP contribution in [0.1, 0.15) is 17.9 Å². The molecule has 158 valence electrons. The highest BCUT2D eigenvalue weighted by molar-refractivity contribution is 6.36. The monoisotopic (exact) mass is 477 g/mol. The Morgan fingerprint density at radius 3 is 2.58 bits per heavy atom. The van der Waals surface area contributed by atoms with Gasteiger partial charge in [0, 0.05) is 22.2 Å². The van der Waals surface area contributed by atoms with Crippen molar-refractivity contribution in [3.63, 3.8) is 0 Å². The molecule has 0 saturated carbocycles. The lowest BCUT2D eigenvalue weighted by Gasteiger charge is -2.24. The highest BCUT2D eigenvalue weighted by atomic mass is 35.5. The molecule has 0 radical (unpaired) electrons. The Labute approximate surface area is 190 Å². The summed E-state index contributed by atoms with van der Waals surface area (Å²) in [6.07, 6.45) is -0.212. The van der Waals surface area contributed by atoms with Crippen molar-refractivity contribution in [2.75, 3.05) is 16.0 Å². The van der Waals surface area contributed by atoms with E-state index in [1.165, 1.54) is 12.1 Å². The average Bonchev–Trinajstić information content (AvgIpc) is 2.69. The van der Waals surface area contributed by atoms with Crippen LogP contribution >= 0.6 is 34.8 Å². The molecular weight excluding hydrogens is 465 g/mol. The van der Waals surface area contributed by atoms with Gasteiger partial charge in [-0.15, -0.1) is 0 Å². The van der Waals surface area contributed by atoms with Crippen LogP contribution in [-0.4, -0.2) is 21.8 Å². The summed E-state index contributed by atoms with van der Waals surface area (Å²) in [6.45, 7) is 0. The number of hydrogen-bond acceptors (Lipinski definition) is 5. The summed E-state index contributed by atoms with van der Waals surface area (Å²) in [4.78, 5) is 44.7. The zero-order valence-corrected chi connectivity index (χ0v) is 17.9. The van der Waals surface area contributed by atoms with Crippen LogP contribution < -0.4 is 21.5 Å². The van der Waals surface area contributed by atoms with Gasteiger partial charge in [-0.25, -0.2) is 0 Å². The van der Waals surface area contributed by atoms with E-state index in [4.69, 9.17) is 34.8 Å². The fourth-order valence-corrected chi connectivity index (χ4v) is 3.81. The van der Waals surface area contributed by atoms with E-state index in [1.54, 1.807) is 30.3 Å². The van der Waals surface area contributed by atoms with Crippen LogP contribution in [0.15, 0.2) is 47.3 Å². The lowest BCUT2D eigenvalue weighted by atomic mass is 9.92. The maximum Gasteiger partial charge on any atom is 0.258 e. The van der Waals surface area contributed by atoms with Gasteiger partial charge in [-0.2, -0.15) is 4.98 Å². The molecule has 0 spiro atoms. The molecule has 4 N–H and O–H groups in total. The zero-order valence-electron chi connectivity index (χ0n) is 15.6.